The summed E-state index contributed by atoms with van der Waals surface area (Å²) in [7, 11) is 1.64. The molecule has 0 unspecified atom stereocenters. The summed E-state index contributed by atoms with van der Waals surface area (Å²) < 4.78 is 5.34. The second-order valence-corrected chi connectivity index (χ2v) is 6.76. The van der Waals surface area contributed by atoms with Crippen molar-refractivity contribution in [1.82, 2.24) is 4.90 Å². The highest BCUT2D eigenvalue weighted by molar-refractivity contribution is 5.80. The highest BCUT2D eigenvalue weighted by Gasteiger charge is 2.42. The molecule has 0 radical (unpaired) electrons. The second-order valence-electron chi connectivity index (χ2n) is 6.76. The molecule has 0 saturated carbocycles. The lowest BCUT2D eigenvalue weighted by Gasteiger charge is -2.22. The monoisotopic (exact) mass is 319 g/mol. The Bertz CT molecular complexity index is 586. The van der Waals surface area contributed by atoms with E-state index in [2.05, 4.69) is 0 Å². The van der Waals surface area contributed by atoms with Crippen LogP contribution in [0.15, 0.2) is 24.3 Å². The number of carbonyl (C=O) groups is 2. The maximum absolute atomic E-state index is 12.4. The van der Waals surface area contributed by atoms with E-state index in [1.165, 1.54) is 0 Å². The van der Waals surface area contributed by atoms with Gasteiger partial charge in [0.25, 0.3) is 0 Å². The van der Waals surface area contributed by atoms with Crippen LogP contribution in [0.2, 0.25) is 0 Å². The molecule has 126 valence electrons. The van der Waals surface area contributed by atoms with E-state index < -0.39 is 11.4 Å². The van der Waals surface area contributed by atoms with Gasteiger partial charge in [0.2, 0.25) is 5.91 Å². The zero-order valence-corrected chi connectivity index (χ0v) is 14.0. The standard InChI is InChI=1S/C18H25NO4/c1-13(10-14-6-4-5-7-15(14)23-3)11-16(20)19-9-8-18(2,12-19)17(21)22/h4-7,13H,8-12H2,1-3H3,(H,21,22)/t13-,18+/m1/s1. The lowest BCUT2D eigenvalue weighted by Crippen LogP contribution is -2.35. The molecule has 0 spiro atoms. The normalized spacial score (nSPS) is 22.0. The van der Waals surface area contributed by atoms with Crippen molar-refractivity contribution in [2.75, 3.05) is 20.2 Å². The minimum atomic E-state index is -0.824. The van der Waals surface area contributed by atoms with Crippen molar-refractivity contribution in [2.45, 2.75) is 33.1 Å². The van der Waals surface area contributed by atoms with Gasteiger partial charge >= 0.3 is 5.97 Å². The van der Waals surface area contributed by atoms with Gasteiger partial charge in [0.1, 0.15) is 5.75 Å². The number of aliphatic carboxylic acids is 1. The summed E-state index contributed by atoms with van der Waals surface area (Å²) in [5, 5.41) is 9.25. The van der Waals surface area contributed by atoms with Gasteiger partial charge in [-0.3, -0.25) is 9.59 Å². The molecule has 5 heteroatoms. The van der Waals surface area contributed by atoms with Gasteiger partial charge in [0.15, 0.2) is 0 Å². The SMILES string of the molecule is COc1ccccc1C[C@@H](C)CC(=O)N1CC[C@](C)(C(=O)O)C1. The summed E-state index contributed by atoms with van der Waals surface area (Å²) in [5.74, 6) is 0.231. The lowest BCUT2D eigenvalue weighted by atomic mass is 9.90. The van der Waals surface area contributed by atoms with Crippen molar-refractivity contribution in [2.24, 2.45) is 11.3 Å². The molecule has 5 nitrogen and oxygen atoms in total. The third kappa shape index (κ3) is 4.03. The number of likely N-dealkylation sites (tertiary alicyclic amines) is 1. The van der Waals surface area contributed by atoms with Crippen LogP contribution in [0.5, 0.6) is 5.75 Å². The van der Waals surface area contributed by atoms with Gasteiger partial charge in [-0.05, 0) is 37.3 Å². The number of nitrogens with zero attached hydrogens (tertiary/aromatic N) is 1. The fourth-order valence-corrected chi connectivity index (χ4v) is 3.09. The molecule has 2 rings (SSSR count). The number of benzene rings is 1. The average molecular weight is 319 g/mol. The Kier molecular flexibility index (Phi) is 5.29. The Labute approximate surface area is 137 Å². The molecule has 1 heterocycles. The molecule has 1 fully saturated rings. The van der Waals surface area contributed by atoms with E-state index in [4.69, 9.17) is 4.74 Å². The fraction of sp³-hybridized carbons (Fsp3) is 0.556. The Hall–Kier alpha value is -2.04. The molecule has 0 bridgehead atoms. The first kappa shape index (κ1) is 17.3. The van der Waals surface area contributed by atoms with Crippen molar-refractivity contribution in [1.29, 1.82) is 0 Å². The maximum Gasteiger partial charge on any atom is 0.311 e. The Morgan fingerprint density at radius 2 is 2.09 bits per heavy atom. The summed E-state index contributed by atoms with van der Waals surface area (Å²) in [6.07, 6.45) is 1.71. The first-order valence-electron chi connectivity index (χ1n) is 7.99. The fourth-order valence-electron chi connectivity index (χ4n) is 3.09. The molecule has 23 heavy (non-hydrogen) atoms. The van der Waals surface area contributed by atoms with Crippen LogP contribution in [0, 0.1) is 11.3 Å². The number of carboxylic acid groups (broad SMARTS) is 1. The molecule has 1 saturated heterocycles. The van der Waals surface area contributed by atoms with Gasteiger partial charge in [0, 0.05) is 19.5 Å². The third-order valence-electron chi connectivity index (χ3n) is 4.63. The predicted molar refractivity (Wildman–Crippen MR) is 87.4 cm³/mol. The zero-order chi connectivity index (χ0) is 17.0. The maximum atomic E-state index is 12.4. The van der Waals surface area contributed by atoms with Gasteiger partial charge in [-0.1, -0.05) is 25.1 Å². The molecule has 1 aliphatic heterocycles. The number of amides is 1. The molecule has 0 aliphatic carbocycles. The van der Waals surface area contributed by atoms with Crippen LogP contribution in [0.3, 0.4) is 0 Å². The number of methoxy groups -OCH3 is 1. The minimum absolute atomic E-state index is 0.0392. The molecule has 1 aromatic rings. The first-order valence-corrected chi connectivity index (χ1v) is 7.99. The molecule has 0 aromatic heterocycles. The average Bonchev–Trinajstić information content (AvgIpc) is 2.92. The summed E-state index contributed by atoms with van der Waals surface area (Å²) in [6.45, 7) is 4.59. The van der Waals surface area contributed by atoms with E-state index in [1.807, 2.05) is 31.2 Å². The molecule has 1 N–H and O–H groups in total. The lowest BCUT2D eigenvalue weighted by molar-refractivity contribution is -0.147. The van der Waals surface area contributed by atoms with Crippen LogP contribution in [-0.2, 0) is 16.0 Å². The van der Waals surface area contributed by atoms with E-state index >= 15 is 0 Å². The summed E-state index contributed by atoms with van der Waals surface area (Å²) in [6, 6.07) is 7.82. The second kappa shape index (κ2) is 7.02. The van der Waals surface area contributed by atoms with E-state index in [9.17, 15) is 14.7 Å². The number of ether oxygens (including phenoxy) is 1. The number of carboxylic acids is 1. The molecular weight excluding hydrogens is 294 g/mol. The molecular formula is C18H25NO4. The predicted octanol–water partition coefficient (Wildman–Crippen LogP) is 2.59. The number of carbonyl (C=O) groups excluding carboxylic acids is 1. The van der Waals surface area contributed by atoms with Crippen molar-refractivity contribution in [3.05, 3.63) is 29.8 Å². The first-order chi connectivity index (χ1) is 10.9. The van der Waals surface area contributed by atoms with Crippen molar-refractivity contribution in [3.8, 4) is 5.75 Å². The van der Waals surface area contributed by atoms with E-state index in [0.717, 1.165) is 17.7 Å². The van der Waals surface area contributed by atoms with Crippen LogP contribution in [0.4, 0.5) is 0 Å². The Balaban J connectivity index is 1.92. The molecule has 2 atom stereocenters. The van der Waals surface area contributed by atoms with Gasteiger partial charge in [-0.25, -0.2) is 0 Å². The van der Waals surface area contributed by atoms with Gasteiger partial charge < -0.3 is 14.7 Å². The highest BCUT2D eigenvalue weighted by Crippen LogP contribution is 2.31. The van der Waals surface area contributed by atoms with Crippen molar-refractivity contribution in [3.63, 3.8) is 0 Å². The largest absolute Gasteiger partial charge is 0.496 e. The van der Waals surface area contributed by atoms with Crippen LogP contribution in [0.25, 0.3) is 0 Å². The van der Waals surface area contributed by atoms with Crippen molar-refractivity contribution < 1.29 is 19.4 Å². The third-order valence-corrected chi connectivity index (χ3v) is 4.63. The van der Waals surface area contributed by atoms with Crippen LogP contribution >= 0.6 is 0 Å². The Morgan fingerprint density at radius 3 is 2.70 bits per heavy atom. The highest BCUT2D eigenvalue weighted by atomic mass is 16.5. The van der Waals surface area contributed by atoms with E-state index in [0.29, 0.717) is 25.9 Å². The quantitative estimate of drug-likeness (QED) is 0.875. The van der Waals surface area contributed by atoms with Gasteiger partial charge in [0.05, 0.1) is 12.5 Å². The summed E-state index contributed by atoms with van der Waals surface area (Å²) in [5.41, 5.74) is 0.286. The Morgan fingerprint density at radius 1 is 1.39 bits per heavy atom. The number of hydrogen-bond donors (Lipinski definition) is 1. The van der Waals surface area contributed by atoms with Gasteiger partial charge in [-0.2, -0.15) is 0 Å². The topological polar surface area (TPSA) is 66.8 Å². The van der Waals surface area contributed by atoms with E-state index in [1.54, 1.807) is 18.9 Å². The van der Waals surface area contributed by atoms with E-state index in [-0.39, 0.29) is 11.8 Å². The molecule has 1 aromatic carbocycles. The zero-order valence-electron chi connectivity index (χ0n) is 14.0. The number of para-hydroxylation sites is 1. The number of rotatable bonds is 6. The minimum Gasteiger partial charge on any atom is -0.496 e. The molecule has 1 amide bonds. The van der Waals surface area contributed by atoms with Crippen LogP contribution in [-0.4, -0.2) is 42.1 Å². The summed E-state index contributed by atoms with van der Waals surface area (Å²) in [4.78, 5) is 25.4. The smallest absolute Gasteiger partial charge is 0.311 e. The van der Waals surface area contributed by atoms with Gasteiger partial charge in [-0.15, -0.1) is 0 Å². The molecule has 1 aliphatic rings. The van der Waals surface area contributed by atoms with Crippen LogP contribution in [0.1, 0.15) is 32.3 Å². The van der Waals surface area contributed by atoms with Crippen molar-refractivity contribution >= 4 is 11.9 Å². The summed E-state index contributed by atoms with van der Waals surface area (Å²) >= 11 is 0. The number of hydrogen-bond acceptors (Lipinski definition) is 3. The van der Waals surface area contributed by atoms with Crippen LogP contribution < -0.4 is 4.74 Å².